The number of cyclic esters (lactones) is 1. The number of nitrogens with zero attached hydrogens (tertiary/aromatic N) is 3. The SMILES string of the molecule is CC(=O)NCC1CN(c2ccc(N3CC4CN(S(C)(=O)=O)CC4C3)c(F)c2)C(=O)O1. The second-order valence-electron chi connectivity index (χ2n) is 8.19. The molecule has 9 nitrogen and oxygen atoms in total. The minimum absolute atomic E-state index is 0.182. The van der Waals surface area contributed by atoms with E-state index in [1.165, 1.54) is 28.5 Å². The molecule has 3 unspecified atom stereocenters. The number of sulfonamides is 1. The second kappa shape index (κ2) is 7.69. The molecule has 1 N–H and O–H groups in total. The number of halogens is 1. The summed E-state index contributed by atoms with van der Waals surface area (Å²) in [6, 6.07) is 4.64. The van der Waals surface area contributed by atoms with Crippen molar-refractivity contribution in [3.8, 4) is 0 Å². The van der Waals surface area contributed by atoms with Gasteiger partial charge in [-0.2, -0.15) is 0 Å². The van der Waals surface area contributed by atoms with Crippen molar-refractivity contribution >= 4 is 33.4 Å². The number of hydrogen-bond acceptors (Lipinski definition) is 6. The highest BCUT2D eigenvalue weighted by Gasteiger charge is 2.43. The lowest BCUT2D eigenvalue weighted by Crippen LogP contribution is -2.33. The Hall–Kier alpha value is -2.40. The zero-order valence-corrected chi connectivity index (χ0v) is 17.7. The molecular formula is C19H25FN4O5S. The molecule has 3 aliphatic rings. The summed E-state index contributed by atoms with van der Waals surface area (Å²) < 4.78 is 45.1. The van der Waals surface area contributed by atoms with Crippen molar-refractivity contribution in [2.24, 2.45) is 11.8 Å². The van der Waals surface area contributed by atoms with Crippen LogP contribution in [0.1, 0.15) is 6.92 Å². The van der Waals surface area contributed by atoms with E-state index in [1.54, 1.807) is 12.1 Å². The van der Waals surface area contributed by atoms with E-state index in [9.17, 15) is 22.4 Å². The maximum atomic E-state index is 14.9. The number of anilines is 2. The monoisotopic (exact) mass is 440 g/mol. The molecule has 1 aromatic carbocycles. The molecule has 0 saturated carbocycles. The number of ether oxygens (including phenoxy) is 1. The normalized spacial score (nSPS) is 26.8. The number of rotatable bonds is 5. The van der Waals surface area contributed by atoms with Crippen LogP contribution in [0.2, 0.25) is 0 Å². The Bertz CT molecular complexity index is 958. The average molecular weight is 440 g/mol. The number of hydrogen-bond donors (Lipinski definition) is 1. The van der Waals surface area contributed by atoms with Gasteiger partial charge in [0.15, 0.2) is 0 Å². The highest BCUT2D eigenvalue weighted by Crippen LogP contribution is 2.37. The summed E-state index contributed by atoms with van der Waals surface area (Å²) in [5, 5.41) is 2.60. The Morgan fingerprint density at radius 2 is 1.87 bits per heavy atom. The van der Waals surface area contributed by atoms with E-state index in [0.717, 1.165) is 0 Å². The molecule has 2 amide bonds. The molecule has 164 valence electrons. The first-order valence-corrected chi connectivity index (χ1v) is 11.7. The van der Waals surface area contributed by atoms with Gasteiger partial charge in [0, 0.05) is 33.1 Å². The van der Waals surface area contributed by atoms with Gasteiger partial charge in [-0.05, 0) is 30.0 Å². The molecule has 3 aliphatic heterocycles. The second-order valence-corrected chi connectivity index (χ2v) is 10.2. The van der Waals surface area contributed by atoms with E-state index in [2.05, 4.69) is 5.32 Å². The van der Waals surface area contributed by atoms with E-state index < -0.39 is 28.0 Å². The molecule has 30 heavy (non-hydrogen) atoms. The summed E-state index contributed by atoms with van der Waals surface area (Å²) in [7, 11) is -3.20. The van der Waals surface area contributed by atoms with Crippen LogP contribution in [-0.2, 0) is 19.6 Å². The third-order valence-corrected chi connectivity index (χ3v) is 7.19. The number of amides is 2. The van der Waals surface area contributed by atoms with E-state index >= 15 is 0 Å². The fourth-order valence-electron chi connectivity index (χ4n) is 4.43. The summed E-state index contributed by atoms with van der Waals surface area (Å²) in [6.07, 6.45) is 0.155. The van der Waals surface area contributed by atoms with Crippen molar-refractivity contribution in [1.29, 1.82) is 0 Å². The number of benzene rings is 1. The van der Waals surface area contributed by atoms with Gasteiger partial charge in [0.25, 0.3) is 0 Å². The van der Waals surface area contributed by atoms with Crippen molar-refractivity contribution in [3.05, 3.63) is 24.0 Å². The molecule has 11 heteroatoms. The van der Waals surface area contributed by atoms with Gasteiger partial charge in [-0.15, -0.1) is 0 Å². The Morgan fingerprint density at radius 3 is 2.43 bits per heavy atom. The topological polar surface area (TPSA) is 99.3 Å². The van der Waals surface area contributed by atoms with Crippen LogP contribution in [0.4, 0.5) is 20.6 Å². The fraction of sp³-hybridized carbons (Fsp3) is 0.579. The first-order chi connectivity index (χ1) is 14.1. The standard InChI is InChI=1S/C19H25FN4O5S/c1-12(25)21-6-16-11-24(19(26)29-16)15-3-4-18(17(20)5-15)22-7-13-9-23(30(2,27)28)10-14(13)8-22/h3-5,13-14,16H,6-11H2,1-2H3,(H,21,25). The van der Waals surface area contributed by atoms with Gasteiger partial charge < -0.3 is 15.0 Å². The molecule has 4 rings (SSSR count). The van der Waals surface area contributed by atoms with E-state index in [1.807, 2.05) is 4.90 Å². The summed E-state index contributed by atoms with van der Waals surface area (Å²) in [4.78, 5) is 26.4. The Labute approximate surface area is 174 Å². The smallest absolute Gasteiger partial charge is 0.414 e. The molecule has 3 fully saturated rings. The molecule has 1 aromatic rings. The van der Waals surface area contributed by atoms with E-state index in [0.29, 0.717) is 37.6 Å². The summed E-state index contributed by atoms with van der Waals surface area (Å²) >= 11 is 0. The van der Waals surface area contributed by atoms with Crippen molar-refractivity contribution in [2.75, 3.05) is 55.3 Å². The van der Waals surface area contributed by atoms with Crippen LogP contribution >= 0.6 is 0 Å². The molecular weight excluding hydrogens is 415 g/mol. The molecule has 0 radical (unpaired) electrons. The fourth-order valence-corrected chi connectivity index (χ4v) is 5.36. The van der Waals surface area contributed by atoms with Crippen LogP contribution in [0.15, 0.2) is 18.2 Å². The molecule has 0 aromatic heterocycles. The maximum absolute atomic E-state index is 14.9. The summed E-state index contributed by atoms with van der Waals surface area (Å²) in [5.41, 5.74) is 0.843. The third kappa shape index (κ3) is 4.08. The maximum Gasteiger partial charge on any atom is 0.414 e. The number of fused-ring (bicyclic) bond motifs is 1. The number of carbonyl (C=O) groups excluding carboxylic acids is 2. The Morgan fingerprint density at radius 1 is 1.20 bits per heavy atom. The molecule has 0 aliphatic carbocycles. The van der Waals surface area contributed by atoms with Crippen molar-refractivity contribution in [1.82, 2.24) is 9.62 Å². The lowest BCUT2D eigenvalue weighted by atomic mass is 10.0. The van der Waals surface area contributed by atoms with E-state index in [-0.39, 0.29) is 30.8 Å². The van der Waals surface area contributed by atoms with Gasteiger partial charge in [-0.1, -0.05) is 0 Å². The van der Waals surface area contributed by atoms with Crippen molar-refractivity contribution in [2.45, 2.75) is 13.0 Å². The van der Waals surface area contributed by atoms with Gasteiger partial charge in [-0.25, -0.2) is 21.9 Å². The summed E-state index contributed by atoms with van der Waals surface area (Å²) in [6.45, 7) is 3.94. The zero-order chi connectivity index (χ0) is 21.6. The van der Waals surface area contributed by atoms with Gasteiger partial charge >= 0.3 is 6.09 Å². The van der Waals surface area contributed by atoms with Crippen LogP contribution in [0.5, 0.6) is 0 Å². The quantitative estimate of drug-likeness (QED) is 0.721. The number of carbonyl (C=O) groups is 2. The first kappa shape index (κ1) is 20.9. The highest BCUT2D eigenvalue weighted by atomic mass is 32.2. The van der Waals surface area contributed by atoms with E-state index in [4.69, 9.17) is 4.74 Å². The van der Waals surface area contributed by atoms with Crippen molar-refractivity contribution < 1.29 is 27.1 Å². The Balaban J connectivity index is 1.41. The predicted octanol–water partition coefficient (Wildman–Crippen LogP) is 0.615. The molecule has 0 bridgehead atoms. The van der Waals surface area contributed by atoms with Gasteiger partial charge in [0.1, 0.15) is 11.9 Å². The molecule has 3 saturated heterocycles. The van der Waals surface area contributed by atoms with Crippen LogP contribution in [0.3, 0.4) is 0 Å². The first-order valence-electron chi connectivity index (χ1n) is 9.84. The largest absolute Gasteiger partial charge is 0.442 e. The minimum atomic E-state index is -3.20. The zero-order valence-electron chi connectivity index (χ0n) is 16.9. The highest BCUT2D eigenvalue weighted by molar-refractivity contribution is 7.88. The van der Waals surface area contributed by atoms with Crippen molar-refractivity contribution in [3.63, 3.8) is 0 Å². The van der Waals surface area contributed by atoms with Crippen LogP contribution in [-0.4, -0.2) is 76.4 Å². The molecule has 3 heterocycles. The lowest BCUT2D eigenvalue weighted by Gasteiger charge is -2.23. The van der Waals surface area contributed by atoms with Gasteiger partial charge in [0.2, 0.25) is 15.9 Å². The minimum Gasteiger partial charge on any atom is -0.442 e. The van der Waals surface area contributed by atoms with Crippen LogP contribution < -0.4 is 15.1 Å². The van der Waals surface area contributed by atoms with Gasteiger partial charge in [0.05, 0.1) is 30.7 Å². The van der Waals surface area contributed by atoms with Gasteiger partial charge in [-0.3, -0.25) is 9.69 Å². The average Bonchev–Trinajstić information content (AvgIpc) is 3.32. The third-order valence-electron chi connectivity index (χ3n) is 5.96. The summed E-state index contributed by atoms with van der Waals surface area (Å²) in [5.74, 6) is -0.288. The van der Waals surface area contributed by atoms with Crippen LogP contribution in [0, 0.1) is 17.7 Å². The number of nitrogens with one attached hydrogen (secondary N) is 1. The molecule has 3 atom stereocenters. The lowest BCUT2D eigenvalue weighted by molar-refractivity contribution is -0.119. The Kier molecular flexibility index (Phi) is 5.35. The molecule has 0 spiro atoms. The predicted molar refractivity (Wildman–Crippen MR) is 108 cm³/mol. The van der Waals surface area contributed by atoms with Crippen LogP contribution in [0.25, 0.3) is 0 Å².